The van der Waals surface area contributed by atoms with Crippen LogP contribution in [0.3, 0.4) is 0 Å². The van der Waals surface area contributed by atoms with Crippen molar-refractivity contribution in [2.24, 2.45) is 0 Å². The highest BCUT2D eigenvalue weighted by Crippen LogP contribution is 2.17. The van der Waals surface area contributed by atoms with Gasteiger partial charge < -0.3 is 0 Å². The molecule has 0 saturated carbocycles. The van der Waals surface area contributed by atoms with Gasteiger partial charge in [-0.2, -0.15) is 0 Å². The number of aromatic nitrogens is 1. The van der Waals surface area contributed by atoms with E-state index in [1.165, 1.54) is 0 Å². The quantitative estimate of drug-likeness (QED) is 0.595. The van der Waals surface area contributed by atoms with Gasteiger partial charge in [-0.15, -0.1) is 0 Å². The second-order valence-electron chi connectivity index (χ2n) is 1.76. The number of hydrogen-bond acceptors (Lipinski definition) is 1. The maximum absolute atomic E-state index is 5.74. The number of nitrogens with zero attached hydrogens (tertiary/aromatic N) is 1. The highest BCUT2D eigenvalue weighted by molar-refractivity contribution is 9.10. The van der Waals surface area contributed by atoms with Gasteiger partial charge in [0.2, 0.25) is 0 Å². The molecule has 1 rings (SSSR count). The summed E-state index contributed by atoms with van der Waals surface area (Å²) in [5, 5.41) is 0.747. The van der Waals surface area contributed by atoms with Crippen molar-refractivity contribution in [3.05, 3.63) is 27.5 Å². The normalized spacial score (nSPS) is 9.67. The van der Waals surface area contributed by atoms with Crippen LogP contribution in [0, 0.1) is 6.92 Å². The van der Waals surface area contributed by atoms with Gasteiger partial charge >= 0.3 is 0 Å². The Kier molecular flexibility index (Phi) is 2.09. The first-order valence-corrected chi connectivity index (χ1v) is 3.65. The molecule has 1 heterocycles. The van der Waals surface area contributed by atoms with E-state index in [0.717, 1.165) is 15.2 Å². The molecule has 0 amide bonds. The van der Waals surface area contributed by atoms with Crippen LogP contribution >= 0.6 is 27.5 Å². The molecule has 0 fully saturated rings. The summed E-state index contributed by atoms with van der Waals surface area (Å²) in [6, 6.07) is 1.77. The molecule has 0 aliphatic carbocycles. The highest BCUT2D eigenvalue weighted by Gasteiger charge is 1.93. The topological polar surface area (TPSA) is 12.9 Å². The molecule has 1 aromatic rings. The van der Waals surface area contributed by atoms with Crippen LogP contribution in [-0.4, -0.2) is 4.98 Å². The van der Waals surface area contributed by atoms with E-state index in [-0.39, 0.29) is 0 Å². The lowest BCUT2D eigenvalue weighted by Gasteiger charge is -1.94. The fraction of sp³-hybridized carbons (Fsp3) is 0.167. The maximum atomic E-state index is 5.74. The Morgan fingerprint density at radius 2 is 2.33 bits per heavy atom. The van der Waals surface area contributed by atoms with E-state index in [2.05, 4.69) is 20.9 Å². The number of rotatable bonds is 0. The van der Waals surface area contributed by atoms with E-state index in [1.54, 1.807) is 12.3 Å². The molecule has 0 bridgehead atoms. The third kappa shape index (κ3) is 1.66. The Morgan fingerprint density at radius 1 is 1.67 bits per heavy atom. The number of pyridine rings is 1. The van der Waals surface area contributed by atoms with Crippen molar-refractivity contribution in [2.45, 2.75) is 6.92 Å². The predicted molar refractivity (Wildman–Crippen MR) is 41.7 cm³/mol. The van der Waals surface area contributed by atoms with E-state index >= 15 is 0 Å². The number of aryl methyl sites for hydroxylation is 1. The van der Waals surface area contributed by atoms with E-state index < -0.39 is 0 Å². The van der Waals surface area contributed by atoms with Crippen LogP contribution in [0.1, 0.15) is 5.56 Å². The average Bonchev–Trinajstić information content (AvgIpc) is 1.80. The molecule has 3 heteroatoms. The van der Waals surface area contributed by atoms with E-state index in [1.807, 2.05) is 6.92 Å². The summed E-state index contributed by atoms with van der Waals surface area (Å²) in [5.74, 6) is 0. The monoisotopic (exact) mass is 205 g/mol. The van der Waals surface area contributed by atoms with Crippen LogP contribution in [0.25, 0.3) is 0 Å². The lowest BCUT2D eigenvalue weighted by Crippen LogP contribution is -1.78. The molecule has 1 nitrogen and oxygen atoms in total. The first-order chi connectivity index (χ1) is 4.20. The Morgan fingerprint density at radius 3 is 2.78 bits per heavy atom. The van der Waals surface area contributed by atoms with Crippen molar-refractivity contribution >= 4 is 27.5 Å². The summed E-state index contributed by atoms with van der Waals surface area (Å²) >= 11 is 8.94. The molecule has 0 radical (unpaired) electrons. The van der Waals surface area contributed by atoms with Crippen LogP contribution in [0.15, 0.2) is 16.9 Å². The highest BCUT2D eigenvalue weighted by atomic mass is 79.9. The smallest absolute Gasteiger partial charge is 0.107 e. The van der Waals surface area contributed by atoms with E-state index in [0.29, 0.717) is 0 Å². The maximum Gasteiger partial charge on any atom is 0.107 e. The molecular formula is C6H5BrClN. The minimum atomic E-state index is 0.747. The molecule has 0 unspecified atom stereocenters. The zero-order chi connectivity index (χ0) is 6.85. The molecule has 9 heavy (non-hydrogen) atoms. The van der Waals surface area contributed by atoms with Gasteiger partial charge in [0.25, 0.3) is 0 Å². The summed E-state index contributed by atoms with van der Waals surface area (Å²) in [6.07, 6.45) is 1.73. The van der Waals surface area contributed by atoms with Crippen molar-refractivity contribution in [1.29, 1.82) is 0 Å². The SMILES string of the molecule is Cc1cnc(Br)cc1Cl. The molecule has 0 atom stereocenters. The first-order valence-electron chi connectivity index (χ1n) is 2.48. The Labute approximate surface area is 67.2 Å². The average molecular weight is 206 g/mol. The summed E-state index contributed by atoms with van der Waals surface area (Å²) in [6.45, 7) is 1.92. The lowest BCUT2D eigenvalue weighted by atomic mass is 10.3. The van der Waals surface area contributed by atoms with Crippen molar-refractivity contribution in [3.8, 4) is 0 Å². The van der Waals surface area contributed by atoms with Crippen LogP contribution in [0.5, 0.6) is 0 Å². The molecule has 48 valence electrons. The molecule has 1 aromatic heterocycles. The molecule has 0 aliphatic heterocycles. The van der Waals surface area contributed by atoms with Crippen LogP contribution in [0.4, 0.5) is 0 Å². The summed E-state index contributed by atoms with van der Waals surface area (Å²) < 4.78 is 0.776. The van der Waals surface area contributed by atoms with Crippen LogP contribution in [0.2, 0.25) is 5.02 Å². The largest absolute Gasteiger partial charge is 0.249 e. The summed E-state index contributed by atoms with van der Waals surface area (Å²) in [4.78, 5) is 3.97. The number of hydrogen-bond donors (Lipinski definition) is 0. The first kappa shape index (κ1) is 7.03. The van der Waals surface area contributed by atoms with Gasteiger partial charge in [-0.25, -0.2) is 4.98 Å². The third-order valence-electron chi connectivity index (χ3n) is 1.00. The van der Waals surface area contributed by atoms with E-state index in [4.69, 9.17) is 11.6 Å². The molecule has 0 spiro atoms. The van der Waals surface area contributed by atoms with Gasteiger partial charge in [0.15, 0.2) is 0 Å². The van der Waals surface area contributed by atoms with Crippen molar-refractivity contribution < 1.29 is 0 Å². The van der Waals surface area contributed by atoms with Gasteiger partial charge in [0.1, 0.15) is 4.60 Å². The van der Waals surface area contributed by atoms with Gasteiger partial charge in [-0.3, -0.25) is 0 Å². The van der Waals surface area contributed by atoms with Crippen LogP contribution in [-0.2, 0) is 0 Å². The molecule has 0 aliphatic rings. The summed E-state index contributed by atoms with van der Waals surface area (Å²) in [7, 11) is 0. The predicted octanol–water partition coefficient (Wildman–Crippen LogP) is 2.81. The van der Waals surface area contributed by atoms with Crippen molar-refractivity contribution in [1.82, 2.24) is 4.98 Å². The Balaban J connectivity index is 3.17. The second-order valence-corrected chi connectivity index (χ2v) is 2.98. The molecule has 0 aromatic carbocycles. The molecule has 0 saturated heterocycles. The lowest BCUT2D eigenvalue weighted by molar-refractivity contribution is 1.23. The second kappa shape index (κ2) is 2.67. The Bertz CT molecular complexity index is 224. The zero-order valence-corrected chi connectivity index (χ0v) is 7.20. The standard InChI is InChI=1S/C6H5BrClN/c1-4-3-9-6(7)2-5(4)8/h2-3H,1H3. The number of halogens is 2. The fourth-order valence-electron chi connectivity index (χ4n) is 0.476. The summed E-state index contributed by atoms with van der Waals surface area (Å²) in [5.41, 5.74) is 1.000. The van der Waals surface area contributed by atoms with Gasteiger partial charge in [-0.05, 0) is 34.5 Å². The van der Waals surface area contributed by atoms with Gasteiger partial charge in [0.05, 0.1) is 0 Å². The van der Waals surface area contributed by atoms with E-state index in [9.17, 15) is 0 Å². The van der Waals surface area contributed by atoms with Crippen molar-refractivity contribution in [3.63, 3.8) is 0 Å². The fourth-order valence-corrected chi connectivity index (χ4v) is 1.09. The minimum Gasteiger partial charge on any atom is -0.249 e. The third-order valence-corrected chi connectivity index (χ3v) is 1.84. The van der Waals surface area contributed by atoms with Crippen molar-refractivity contribution in [2.75, 3.05) is 0 Å². The Hall–Kier alpha value is -0.0800. The van der Waals surface area contributed by atoms with Gasteiger partial charge in [-0.1, -0.05) is 11.6 Å². The molecular weight excluding hydrogens is 201 g/mol. The van der Waals surface area contributed by atoms with Crippen LogP contribution < -0.4 is 0 Å². The zero-order valence-electron chi connectivity index (χ0n) is 4.86. The van der Waals surface area contributed by atoms with Gasteiger partial charge in [0, 0.05) is 11.2 Å². The minimum absolute atomic E-state index is 0.747. The molecule has 0 N–H and O–H groups in total.